The minimum Gasteiger partial charge on any atom is -0.308 e. The second kappa shape index (κ2) is 5.83. The van der Waals surface area contributed by atoms with Gasteiger partial charge in [0.1, 0.15) is 4.60 Å². The van der Waals surface area contributed by atoms with Crippen LogP contribution in [0.5, 0.6) is 0 Å². The molecule has 0 fully saturated rings. The number of halogens is 2. The van der Waals surface area contributed by atoms with Crippen LogP contribution in [0, 0.1) is 0 Å². The lowest BCUT2D eigenvalue weighted by Gasteiger charge is -2.04. The van der Waals surface area contributed by atoms with E-state index in [-0.39, 0.29) is 12.3 Å². The SMILES string of the molecule is O=C(Cc1cccc(Cl)c1)Nc1n[nH]c2ccnc(Br)c12. The third kappa shape index (κ3) is 3.06. The summed E-state index contributed by atoms with van der Waals surface area (Å²) in [6.07, 6.45) is 1.88. The van der Waals surface area contributed by atoms with Gasteiger partial charge in [0.2, 0.25) is 5.91 Å². The highest BCUT2D eigenvalue weighted by Gasteiger charge is 2.13. The Labute approximate surface area is 133 Å². The molecule has 106 valence electrons. The molecule has 7 heteroatoms. The molecule has 2 N–H and O–H groups in total. The Morgan fingerprint density at radius 3 is 3.05 bits per heavy atom. The number of amides is 1. The zero-order valence-electron chi connectivity index (χ0n) is 10.7. The van der Waals surface area contributed by atoms with Gasteiger partial charge in [-0.1, -0.05) is 23.7 Å². The lowest BCUT2D eigenvalue weighted by Crippen LogP contribution is -2.14. The summed E-state index contributed by atoms with van der Waals surface area (Å²) in [7, 11) is 0. The van der Waals surface area contributed by atoms with Crippen LogP contribution in [-0.4, -0.2) is 21.1 Å². The smallest absolute Gasteiger partial charge is 0.230 e. The van der Waals surface area contributed by atoms with E-state index in [1.807, 2.05) is 12.1 Å². The summed E-state index contributed by atoms with van der Waals surface area (Å²) >= 11 is 9.26. The molecule has 3 aromatic rings. The van der Waals surface area contributed by atoms with Crippen molar-refractivity contribution in [3.63, 3.8) is 0 Å². The van der Waals surface area contributed by atoms with E-state index in [0.29, 0.717) is 15.4 Å². The van der Waals surface area contributed by atoms with E-state index in [0.717, 1.165) is 16.5 Å². The van der Waals surface area contributed by atoms with Crippen molar-refractivity contribution in [2.24, 2.45) is 0 Å². The number of nitrogens with one attached hydrogen (secondary N) is 2. The number of H-pyrrole nitrogens is 1. The van der Waals surface area contributed by atoms with Crippen LogP contribution in [0.25, 0.3) is 10.9 Å². The number of aromatic amines is 1. The van der Waals surface area contributed by atoms with E-state index in [2.05, 4.69) is 36.4 Å². The molecule has 0 radical (unpaired) electrons. The van der Waals surface area contributed by atoms with Crippen molar-refractivity contribution in [3.05, 3.63) is 51.7 Å². The van der Waals surface area contributed by atoms with Crippen LogP contribution >= 0.6 is 27.5 Å². The minimum absolute atomic E-state index is 0.165. The van der Waals surface area contributed by atoms with Crippen molar-refractivity contribution in [3.8, 4) is 0 Å². The molecule has 0 unspecified atom stereocenters. The van der Waals surface area contributed by atoms with Crippen molar-refractivity contribution < 1.29 is 4.79 Å². The van der Waals surface area contributed by atoms with Gasteiger partial charge in [-0.2, -0.15) is 5.10 Å². The van der Waals surface area contributed by atoms with Crippen LogP contribution in [0.2, 0.25) is 5.02 Å². The molecule has 1 aromatic carbocycles. The van der Waals surface area contributed by atoms with Gasteiger partial charge in [-0.3, -0.25) is 9.89 Å². The Morgan fingerprint density at radius 2 is 2.24 bits per heavy atom. The predicted molar refractivity (Wildman–Crippen MR) is 85.4 cm³/mol. The van der Waals surface area contributed by atoms with Gasteiger partial charge in [-0.25, -0.2) is 4.98 Å². The van der Waals surface area contributed by atoms with Crippen LogP contribution in [0.1, 0.15) is 5.56 Å². The van der Waals surface area contributed by atoms with E-state index in [4.69, 9.17) is 11.6 Å². The first-order valence-electron chi connectivity index (χ1n) is 6.16. The lowest BCUT2D eigenvalue weighted by atomic mass is 10.1. The summed E-state index contributed by atoms with van der Waals surface area (Å²) in [5.41, 5.74) is 1.65. The standard InChI is InChI=1S/C14H10BrClN4O/c15-13-12-10(4-5-17-13)19-20-14(12)18-11(21)7-8-2-1-3-9(16)6-8/h1-6H,7H2,(H2,18,19,20,21). The van der Waals surface area contributed by atoms with Crippen molar-refractivity contribution in [2.75, 3.05) is 5.32 Å². The number of rotatable bonds is 3. The first-order chi connectivity index (χ1) is 10.1. The van der Waals surface area contributed by atoms with E-state index in [1.54, 1.807) is 24.4 Å². The van der Waals surface area contributed by atoms with Gasteiger partial charge in [-0.15, -0.1) is 0 Å². The number of aromatic nitrogens is 3. The zero-order valence-corrected chi connectivity index (χ0v) is 13.1. The molecule has 0 aliphatic rings. The van der Waals surface area contributed by atoms with Gasteiger partial charge in [0.15, 0.2) is 5.82 Å². The molecule has 0 atom stereocenters. The zero-order chi connectivity index (χ0) is 14.8. The van der Waals surface area contributed by atoms with Gasteiger partial charge in [-0.05, 0) is 39.7 Å². The number of pyridine rings is 1. The van der Waals surface area contributed by atoms with Crippen molar-refractivity contribution in [1.29, 1.82) is 0 Å². The molecule has 3 rings (SSSR count). The number of carbonyl (C=O) groups excluding carboxylic acids is 1. The molecule has 2 heterocycles. The van der Waals surface area contributed by atoms with Crippen LogP contribution < -0.4 is 5.32 Å². The van der Waals surface area contributed by atoms with Gasteiger partial charge in [0, 0.05) is 11.2 Å². The highest BCUT2D eigenvalue weighted by Crippen LogP contribution is 2.26. The molecule has 2 aromatic heterocycles. The predicted octanol–water partition coefficient (Wildman–Crippen LogP) is 3.56. The molecule has 0 spiro atoms. The number of hydrogen-bond donors (Lipinski definition) is 2. The maximum Gasteiger partial charge on any atom is 0.230 e. The minimum atomic E-state index is -0.165. The fraction of sp³-hybridized carbons (Fsp3) is 0.0714. The largest absolute Gasteiger partial charge is 0.308 e. The second-order valence-electron chi connectivity index (χ2n) is 4.45. The number of hydrogen-bond acceptors (Lipinski definition) is 3. The van der Waals surface area contributed by atoms with Gasteiger partial charge >= 0.3 is 0 Å². The van der Waals surface area contributed by atoms with Crippen LogP contribution in [0.3, 0.4) is 0 Å². The van der Waals surface area contributed by atoms with Crippen molar-refractivity contribution in [2.45, 2.75) is 6.42 Å². The van der Waals surface area contributed by atoms with E-state index in [9.17, 15) is 4.79 Å². The summed E-state index contributed by atoms with van der Waals surface area (Å²) < 4.78 is 0.631. The molecule has 5 nitrogen and oxygen atoms in total. The van der Waals surface area contributed by atoms with E-state index >= 15 is 0 Å². The highest BCUT2D eigenvalue weighted by atomic mass is 79.9. The molecule has 0 saturated heterocycles. The quantitative estimate of drug-likeness (QED) is 0.697. The summed E-state index contributed by atoms with van der Waals surface area (Å²) in [6.45, 7) is 0. The van der Waals surface area contributed by atoms with Crippen molar-refractivity contribution in [1.82, 2.24) is 15.2 Å². The number of fused-ring (bicyclic) bond motifs is 1. The number of anilines is 1. The Hall–Kier alpha value is -1.92. The van der Waals surface area contributed by atoms with Gasteiger partial charge in [0.25, 0.3) is 0 Å². The lowest BCUT2D eigenvalue weighted by molar-refractivity contribution is -0.115. The highest BCUT2D eigenvalue weighted by molar-refractivity contribution is 9.10. The number of carbonyl (C=O) groups is 1. The molecule has 0 saturated carbocycles. The second-order valence-corrected chi connectivity index (χ2v) is 5.64. The Bertz CT molecular complexity index is 818. The summed E-state index contributed by atoms with van der Waals surface area (Å²) in [5, 5.41) is 11.1. The molecule has 1 amide bonds. The molecular weight excluding hydrogens is 356 g/mol. The van der Waals surface area contributed by atoms with Gasteiger partial charge < -0.3 is 5.32 Å². The third-order valence-corrected chi connectivity index (χ3v) is 3.78. The number of nitrogens with zero attached hydrogens (tertiary/aromatic N) is 2. The maximum atomic E-state index is 12.1. The van der Waals surface area contributed by atoms with E-state index < -0.39 is 0 Å². The third-order valence-electron chi connectivity index (χ3n) is 2.94. The Morgan fingerprint density at radius 1 is 1.38 bits per heavy atom. The normalized spacial score (nSPS) is 10.8. The molecule has 0 aliphatic carbocycles. The van der Waals surface area contributed by atoms with Crippen LogP contribution in [0.15, 0.2) is 41.1 Å². The first-order valence-corrected chi connectivity index (χ1v) is 7.33. The Balaban J connectivity index is 1.81. The average molecular weight is 366 g/mol. The summed E-state index contributed by atoms with van der Waals surface area (Å²) in [6, 6.07) is 8.99. The fourth-order valence-electron chi connectivity index (χ4n) is 2.03. The Kier molecular flexibility index (Phi) is 3.90. The monoisotopic (exact) mass is 364 g/mol. The van der Waals surface area contributed by atoms with Crippen molar-refractivity contribution >= 4 is 50.2 Å². The van der Waals surface area contributed by atoms with Crippen LogP contribution in [0.4, 0.5) is 5.82 Å². The average Bonchev–Trinajstić information content (AvgIpc) is 2.83. The topological polar surface area (TPSA) is 70.7 Å². The molecule has 0 bridgehead atoms. The van der Waals surface area contributed by atoms with Gasteiger partial charge in [0.05, 0.1) is 17.3 Å². The summed E-state index contributed by atoms with van der Waals surface area (Å²) in [4.78, 5) is 16.2. The molecule has 21 heavy (non-hydrogen) atoms. The number of benzene rings is 1. The molecule has 0 aliphatic heterocycles. The fourth-order valence-corrected chi connectivity index (χ4v) is 2.76. The van der Waals surface area contributed by atoms with E-state index in [1.165, 1.54) is 0 Å². The van der Waals surface area contributed by atoms with Crippen LogP contribution in [-0.2, 0) is 11.2 Å². The first kappa shape index (κ1) is 14.0. The maximum absolute atomic E-state index is 12.1. The summed E-state index contributed by atoms with van der Waals surface area (Å²) in [5.74, 6) is 0.290. The molecular formula is C14H10BrClN4O.